The SMILES string of the molecule is CSC1=[N+]2CCCCC2CS1.[I-]. The van der Waals surface area contributed by atoms with Crippen molar-refractivity contribution < 1.29 is 28.6 Å². The Bertz CT molecular complexity index is 193. The standard InChI is InChI=1S/C8H14NS2.HI/c1-10-8-9-5-3-2-4-7(9)6-11-8;/h7H,2-6H2,1H3;1H/q+1;/p-1. The molecule has 1 fully saturated rings. The Labute approximate surface area is 99.8 Å². The van der Waals surface area contributed by atoms with Crippen LogP contribution in [0.5, 0.6) is 0 Å². The summed E-state index contributed by atoms with van der Waals surface area (Å²) in [5.74, 6) is 1.34. The van der Waals surface area contributed by atoms with Gasteiger partial charge in [-0.25, -0.2) is 4.58 Å². The van der Waals surface area contributed by atoms with Gasteiger partial charge in [0.15, 0.2) is 6.04 Å². The minimum atomic E-state index is 0. The third-order valence-electron chi connectivity index (χ3n) is 2.44. The monoisotopic (exact) mass is 315 g/mol. The van der Waals surface area contributed by atoms with E-state index in [2.05, 4.69) is 22.6 Å². The first-order valence-electron chi connectivity index (χ1n) is 4.22. The molecule has 0 aliphatic carbocycles. The number of halogens is 1. The highest BCUT2D eigenvalue weighted by Crippen LogP contribution is 2.29. The fourth-order valence-corrected chi connectivity index (χ4v) is 4.08. The van der Waals surface area contributed by atoms with E-state index in [4.69, 9.17) is 0 Å². The van der Waals surface area contributed by atoms with Crippen molar-refractivity contribution in [2.75, 3.05) is 18.6 Å². The molecule has 0 bridgehead atoms. The van der Waals surface area contributed by atoms with Crippen LogP contribution in [-0.2, 0) is 0 Å². The normalized spacial score (nSPS) is 28.2. The number of hydrogen-bond acceptors (Lipinski definition) is 2. The van der Waals surface area contributed by atoms with Gasteiger partial charge in [-0.15, -0.1) is 0 Å². The minimum absolute atomic E-state index is 0. The first-order chi connectivity index (χ1) is 5.42. The lowest BCUT2D eigenvalue weighted by molar-refractivity contribution is -0.563. The molecule has 2 aliphatic heterocycles. The molecule has 0 radical (unpaired) electrons. The lowest BCUT2D eigenvalue weighted by atomic mass is 10.1. The van der Waals surface area contributed by atoms with E-state index in [1.165, 1.54) is 31.6 Å². The summed E-state index contributed by atoms with van der Waals surface area (Å²) < 4.78 is 4.17. The van der Waals surface area contributed by atoms with Gasteiger partial charge in [0.2, 0.25) is 0 Å². The fourth-order valence-electron chi connectivity index (χ4n) is 1.84. The molecule has 1 atom stereocenters. The van der Waals surface area contributed by atoms with Crippen molar-refractivity contribution in [1.29, 1.82) is 0 Å². The number of hydrogen-bond donors (Lipinski definition) is 0. The predicted octanol–water partition coefficient (Wildman–Crippen LogP) is -0.979. The van der Waals surface area contributed by atoms with Gasteiger partial charge in [0.25, 0.3) is 4.38 Å². The van der Waals surface area contributed by atoms with E-state index >= 15 is 0 Å². The molecule has 2 aliphatic rings. The molecule has 1 unspecified atom stereocenters. The number of thioether (sulfide) groups is 2. The molecule has 1 nitrogen and oxygen atoms in total. The van der Waals surface area contributed by atoms with Crippen molar-refractivity contribution in [3.05, 3.63) is 0 Å². The molecule has 4 heteroatoms. The molecule has 0 aromatic carbocycles. The van der Waals surface area contributed by atoms with Crippen molar-refractivity contribution in [1.82, 2.24) is 0 Å². The van der Waals surface area contributed by atoms with Gasteiger partial charge in [0.05, 0.1) is 5.75 Å². The highest BCUT2D eigenvalue weighted by Gasteiger charge is 2.34. The maximum absolute atomic E-state index is 2.61. The van der Waals surface area contributed by atoms with E-state index in [9.17, 15) is 0 Å². The second kappa shape index (κ2) is 5.10. The van der Waals surface area contributed by atoms with Crippen LogP contribution in [0.4, 0.5) is 0 Å². The van der Waals surface area contributed by atoms with Crippen LogP contribution in [-0.4, -0.2) is 33.5 Å². The maximum Gasteiger partial charge on any atom is 0.270 e. The van der Waals surface area contributed by atoms with Crippen LogP contribution < -0.4 is 24.0 Å². The van der Waals surface area contributed by atoms with Gasteiger partial charge in [-0.05, 0) is 24.4 Å². The molecule has 12 heavy (non-hydrogen) atoms. The van der Waals surface area contributed by atoms with E-state index in [1.54, 1.807) is 4.38 Å². The molecule has 0 saturated carbocycles. The Morgan fingerprint density at radius 1 is 1.50 bits per heavy atom. The summed E-state index contributed by atoms with van der Waals surface area (Å²) in [6.07, 6.45) is 6.47. The van der Waals surface area contributed by atoms with Crippen molar-refractivity contribution in [2.45, 2.75) is 25.3 Å². The number of piperidine rings is 1. The Balaban J connectivity index is 0.000000720. The van der Waals surface area contributed by atoms with Crippen LogP contribution in [0.15, 0.2) is 0 Å². The molecule has 0 aromatic heterocycles. The van der Waals surface area contributed by atoms with E-state index in [-0.39, 0.29) is 24.0 Å². The number of fused-ring (bicyclic) bond motifs is 1. The summed E-state index contributed by atoms with van der Waals surface area (Å²) in [7, 11) is 0. The first-order valence-corrected chi connectivity index (χ1v) is 6.43. The fraction of sp³-hybridized carbons (Fsp3) is 0.875. The van der Waals surface area contributed by atoms with Crippen molar-refractivity contribution in [3.8, 4) is 0 Å². The summed E-state index contributed by atoms with van der Waals surface area (Å²) in [5, 5.41) is 0. The van der Waals surface area contributed by atoms with E-state index < -0.39 is 0 Å². The van der Waals surface area contributed by atoms with Gasteiger partial charge in [-0.1, -0.05) is 11.8 Å². The molecular weight excluding hydrogens is 301 g/mol. The minimum Gasteiger partial charge on any atom is -1.00 e. The van der Waals surface area contributed by atoms with E-state index in [1.807, 2.05) is 11.8 Å². The van der Waals surface area contributed by atoms with Crippen LogP contribution in [0, 0.1) is 0 Å². The quantitative estimate of drug-likeness (QED) is 0.418. The average Bonchev–Trinajstić information content (AvgIpc) is 2.47. The summed E-state index contributed by atoms with van der Waals surface area (Å²) in [4.78, 5) is 0. The summed E-state index contributed by atoms with van der Waals surface area (Å²) >= 11 is 3.98. The van der Waals surface area contributed by atoms with E-state index in [0.29, 0.717) is 0 Å². The second-order valence-corrected chi connectivity index (χ2v) is 5.19. The Morgan fingerprint density at radius 3 is 3.08 bits per heavy atom. The molecule has 70 valence electrons. The third kappa shape index (κ3) is 2.12. The van der Waals surface area contributed by atoms with Crippen LogP contribution in [0.2, 0.25) is 0 Å². The van der Waals surface area contributed by atoms with Crippen LogP contribution >= 0.6 is 23.5 Å². The molecule has 1 saturated heterocycles. The number of rotatable bonds is 0. The van der Waals surface area contributed by atoms with Crippen molar-refractivity contribution in [3.63, 3.8) is 0 Å². The zero-order valence-electron chi connectivity index (χ0n) is 7.25. The first kappa shape index (κ1) is 11.2. The maximum atomic E-state index is 2.61. The molecule has 0 spiro atoms. The summed E-state index contributed by atoms with van der Waals surface area (Å²) in [6.45, 7) is 1.31. The van der Waals surface area contributed by atoms with Gasteiger partial charge < -0.3 is 24.0 Å². The zero-order valence-corrected chi connectivity index (χ0v) is 11.0. The number of nitrogens with zero attached hydrogens (tertiary/aromatic N) is 1. The molecule has 2 heterocycles. The second-order valence-electron chi connectivity index (χ2n) is 3.12. The van der Waals surface area contributed by atoms with Gasteiger partial charge in [0.1, 0.15) is 6.54 Å². The summed E-state index contributed by atoms with van der Waals surface area (Å²) in [5.41, 5.74) is 0. The molecule has 0 N–H and O–H groups in total. The lowest BCUT2D eigenvalue weighted by Crippen LogP contribution is -3.00. The van der Waals surface area contributed by atoms with Gasteiger partial charge in [0, 0.05) is 12.8 Å². The van der Waals surface area contributed by atoms with Crippen LogP contribution in [0.1, 0.15) is 19.3 Å². The van der Waals surface area contributed by atoms with Crippen molar-refractivity contribution in [2.24, 2.45) is 0 Å². The average molecular weight is 315 g/mol. The lowest BCUT2D eigenvalue weighted by Gasteiger charge is -2.14. The van der Waals surface area contributed by atoms with Crippen molar-refractivity contribution >= 4 is 27.9 Å². The molecule has 0 aromatic rings. The Kier molecular flexibility index (Phi) is 4.75. The van der Waals surface area contributed by atoms with Gasteiger partial charge in [-0.3, -0.25) is 0 Å². The molecular formula is C8H14INS2. The predicted molar refractivity (Wildman–Crippen MR) is 53.7 cm³/mol. The zero-order chi connectivity index (χ0) is 7.68. The van der Waals surface area contributed by atoms with Gasteiger partial charge >= 0.3 is 0 Å². The Hall–Kier alpha value is 1.10. The highest BCUT2D eigenvalue weighted by atomic mass is 127. The molecule has 0 amide bonds. The smallest absolute Gasteiger partial charge is 0.270 e. The topological polar surface area (TPSA) is 3.01 Å². The Morgan fingerprint density at radius 2 is 2.33 bits per heavy atom. The van der Waals surface area contributed by atoms with Crippen LogP contribution in [0.3, 0.4) is 0 Å². The third-order valence-corrected chi connectivity index (χ3v) is 4.91. The highest BCUT2D eigenvalue weighted by molar-refractivity contribution is 8.38. The summed E-state index contributed by atoms with van der Waals surface area (Å²) in [6, 6.07) is 0.885. The van der Waals surface area contributed by atoms with E-state index in [0.717, 1.165) is 6.04 Å². The largest absolute Gasteiger partial charge is 1.00 e. The van der Waals surface area contributed by atoms with Crippen LogP contribution in [0.25, 0.3) is 0 Å². The van der Waals surface area contributed by atoms with Gasteiger partial charge in [-0.2, -0.15) is 0 Å². The molecule has 2 rings (SSSR count).